The van der Waals surface area contributed by atoms with Gasteiger partial charge in [0.05, 0.1) is 6.54 Å². The van der Waals surface area contributed by atoms with Crippen LogP contribution in [0.4, 0.5) is 0 Å². The monoisotopic (exact) mass is 116 g/mol. The molecule has 0 aromatic heterocycles. The van der Waals surface area contributed by atoms with Crippen LogP contribution < -0.4 is 5.32 Å². The van der Waals surface area contributed by atoms with Gasteiger partial charge in [-0.15, -0.1) is 0 Å². The van der Waals surface area contributed by atoms with Crippen LogP contribution in [0.2, 0.25) is 0 Å². The Bertz CT molecular complexity index is 80.5. The summed E-state index contributed by atoms with van der Waals surface area (Å²) in [6.45, 7) is 3.70. The quantitative estimate of drug-likeness (QED) is 0.561. The zero-order chi connectivity index (χ0) is 6.57. The molecular weight excluding hydrogens is 106 g/mol. The normalized spacial score (nSPS) is 9.88. The van der Waals surface area contributed by atoms with Crippen LogP contribution in [0.5, 0.6) is 0 Å². The van der Waals surface area contributed by atoms with Crippen molar-refractivity contribution in [2.45, 2.75) is 19.9 Å². The lowest BCUT2D eigenvalue weighted by Crippen LogP contribution is -2.28. The number of carbonyl (C=O) groups is 1. The molecular formula is C5H10NO2. The molecule has 8 heavy (non-hydrogen) atoms. The molecule has 0 saturated carbocycles. The van der Waals surface area contributed by atoms with Gasteiger partial charge in [0, 0.05) is 6.04 Å². The molecule has 0 rings (SSSR count). The highest BCUT2D eigenvalue weighted by atomic mass is 16.4. The second-order valence-electron chi connectivity index (χ2n) is 1.91. The van der Waals surface area contributed by atoms with Gasteiger partial charge < -0.3 is 5.32 Å². The fourth-order valence-electron chi connectivity index (χ4n) is 0.287. The first-order chi connectivity index (χ1) is 3.63. The lowest BCUT2D eigenvalue weighted by Gasteiger charge is -2.01. The van der Waals surface area contributed by atoms with Crippen LogP contribution in [0, 0.1) is 0 Å². The Labute approximate surface area is 48.7 Å². The summed E-state index contributed by atoms with van der Waals surface area (Å²) in [5.41, 5.74) is 0. The number of nitrogens with one attached hydrogen (secondary N) is 1. The van der Waals surface area contributed by atoms with Gasteiger partial charge in [0.25, 0.3) is 0 Å². The van der Waals surface area contributed by atoms with Crippen LogP contribution >= 0.6 is 0 Å². The van der Waals surface area contributed by atoms with Gasteiger partial charge in [-0.05, 0) is 0 Å². The average Bonchev–Trinajstić information content (AvgIpc) is 1.61. The van der Waals surface area contributed by atoms with E-state index in [4.69, 9.17) is 0 Å². The van der Waals surface area contributed by atoms with Crippen LogP contribution in [0.25, 0.3) is 0 Å². The highest BCUT2D eigenvalue weighted by Crippen LogP contribution is 1.73. The molecule has 0 fully saturated rings. The molecule has 0 bridgehead atoms. The Hall–Kier alpha value is -0.570. The Balaban J connectivity index is 3.05. The summed E-state index contributed by atoms with van der Waals surface area (Å²) in [5, 5.41) is 12.4. The molecule has 0 aliphatic heterocycles. The summed E-state index contributed by atoms with van der Waals surface area (Å²) in [6, 6.07) is 0.216. The van der Waals surface area contributed by atoms with Gasteiger partial charge in [0.2, 0.25) is 0 Å². The van der Waals surface area contributed by atoms with E-state index in [1.165, 1.54) is 0 Å². The summed E-state index contributed by atoms with van der Waals surface area (Å²) in [7, 11) is 0. The molecule has 47 valence electrons. The Morgan fingerprint density at radius 2 is 2.12 bits per heavy atom. The van der Waals surface area contributed by atoms with Gasteiger partial charge in [-0.1, -0.05) is 13.8 Å². The lowest BCUT2D eigenvalue weighted by molar-refractivity contribution is -0.142. The molecule has 0 aliphatic carbocycles. The Kier molecular flexibility index (Phi) is 3.19. The third kappa shape index (κ3) is 5.43. The number of hydrogen-bond acceptors (Lipinski definition) is 2. The molecule has 0 heterocycles. The van der Waals surface area contributed by atoms with Gasteiger partial charge in [0.1, 0.15) is 0 Å². The molecule has 0 saturated heterocycles. The van der Waals surface area contributed by atoms with E-state index in [0.717, 1.165) is 0 Å². The second kappa shape index (κ2) is 3.43. The SMILES string of the molecule is CC(C)NCC([O])=O. The third-order valence-electron chi connectivity index (χ3n) is 0.655. The minimum absolute atomic E-state index is 0.0579. The van der Waals surface area contributed by atoms with Gasteiger partial charge in [0.15, 0.2) is 0 Å². The predicted octanol–water partition coefficient (Wildman–Crippen LogP) is -0.0585. The van der Waals surface area contributed by atoms with Gasteiger partial charge in [-0.25, -0.2) is 9.90 Å². The van der Waals surface area contributed by atoms with E-state index in [0.29, 0.717) is 0 Å². The molecule has 0 aromatic rings. The molecule has 0 amide bonds. The summed E-state index contributed by atoms with van der Waals surface area (Å²) in [6.07, 6.45) is 0. The molecule has 1 N–H and O–H groups in total. The second-order valence-corrected chi connectivity index (χ2v) is 1.91. The zero-order valence-corrected chi connectivity index (χ0v) is 5.10. The zero-order valence-electron chi connectivity index (χ0n) is 5.10. The molecule has 0 atom stereocenters. The van der Waals surface area contributed by atoms with E-state index in [2.05, 4.69) is 5.32 Å². The molecule has 0 unspecified atom stereocenters. The van der Waals surface area contributed by atoms with Crippen molar-refractivity contribution in [1.29, 1.82) is 0 Å². The summed E-state index contributed by atoms with van der Waals surface area (Å²) < 4.78 is 0. The van der Waals surface area contributed by atoms with Crippen molar-refractivity contribution in [3.05, 3.63) is 0 Å². The van der Waals surface area contributed by atoms with E-state index in [9.17, 15) is 9.90 Å². The van der Waals surface area contributed by atoms with Crippen LogP contribution in [-0.4, -0.2) is 18.6 Å². The molecule has 1 radical (unpaired) electrons. The minimum Gasteiger partial charge on any atom is -0.305 e. The maximum Gasteiger partial charge on any atom is 0.369 e. The van der Waals surface area contributed by atoms with Crippen molar-refractivity contribution in [2.75, 3.05) is 6.54 Å². The van der Waals surface area contributed by atoms with Crippen LogP contribution in [-0.2, 0) is 9.90 Å². The van der Waals surface area contributed by atoms with Crippen molar-refractivity contribution in [3.8, 4) is 0 Å². The van der Waals surface area contributed by atoms with Gasteiger partial charge in [-0.2, -0.15) is 0 Å². The van der Waals surface area contributed by atoms with Crippen LogP contribution in [0.1, 0.15) is 13.8 Å². The number of carbonyl (C=O) groups excluding carboxylic acids is 1. The average molecular weight is 116 g/mol. The number of hydrogen-bond donors (Lipinski definition) is 1. The maximum absolute atomic E-state index is 9.73. The van der Waals surface area contributed by atoms with E-state index in [1.54, 1.807) is 0 Å². The highest BCUT2D eigenvalue weighted by Gasteiger charge is 1.98. The standard InChI is InChI=1S/C5H10NO2/c1-4(2)6-3-5(7)8/h4,6H,3H2,1-2H3. The number of rotatable bonds is 3. The summed E-state index contributed by atoms with van der Waals surface area (Å²) in [4.78, 5) is 9.73. The van der Waals surface area contributed by atoms with Gasteiger partial charge in [-0.3, -0.25) is 0 Å². The van der Waals surface area contributed by atoms with Crippen molar-refractivity contribution in [1.82, 2.24) is 5.32 Å². The largest absolute Gasteiger partial charge is 0.369 e. The topological polar surface area (TPSA) is 49.0 Å². The third-order valence-corrected chi connectivity index (χ3v) is 0.655. The smallest absolute Gasteiger partial charge is 0.305 e. The van der Waals surface area contributed by atoms with Crippen LogP contribution in [0.15, 0.2) is 0 Å². The first kappa shape index (κ1) is 7.43. The first-order valence-corrected chi connectivity index (χ1v) is 2.56. The maximum atomic E-state index is 9.73. The predicted molar refractivity (Wildman–Crippen MR) is 28.8 cm³/mol. The van der Waals surface area contributed by atoms with E-state index in [1.807, 2.05) is 13.8 Å². The summed E-state index contributed by atoms with van der Waals surface area (Å²) >= 11 is 0. The van der Waals surface area contributed by atoms with E-state index < -0.39 is 5.97 Å². The van der Waals surface area contributed by atoms with Gasteiger partial charge >= 0.3 is 5.97 Å². The van der Waals surface area contributed by atoms with Crippen molar-refractivity contribution in [2.24, 2.45) is 0 Å². The molecule has 0 aromatic carbocycles. The molecule has 0 aliphatic rings. The molecule has 3 nitrogen and oxygen atoms in total. The fraction of sp³-hybridized carbons (Fsp3) is 0.800. The highest BCUT2D eigenvalue weighted by molar-refractivity contribution is 5.68. The van der Waals surface area contributed by atoms with Crippen molar-refractivity contribution >= 4 is 5.97 Å². The lowest BCUT2D eigenvalue weighted by atomic mass is 10.4. The Morgan fingerprint density at radius 3 is 2.25 bits per heavy atom. The van der Waals surface area contributed by atoms with E-state index in [-0.39, 0.29) is 12.6 Å². The van der Waals surface area contributed by atoms with Crippen molar-refractivity contribution < 1.29 is 9.90 Å². The molecule has 0 spiro atoms. The summed E-state index contributed by atoms with van der Waals surface area (Å²) in [5.74, 6) is -1.06. The van der Waals surface area contributed by atoms with E-state index >= 15 is 0 Å². The Morgan fingerprint density at radius 1 is 1.62 bits per heavy atom. The molecule has 3 heteroatoms. The fourth-order valence-corrected chi connectivity index (χ4v) is 0.287. The minimum atomic E-state index is -1.06. The van der Waals surface area contributed by atoms with Crippen LogP contribution in [0.3, 0.4) is 0 Å². The first-order valence-electron chi connectivity index (χ1n) is 2.56. The van der Waals surface area contributed by atoms with Crippen molar-refractivity contribution in [3.63, 3.8) is 0 Å².